The van der Waals surface area contributed by atoms with Crippen LogP contribution in [0, 0.1) is 6.92 Å². The lowest BCUT2D eigenvalue weighted by Gasteiger charge is -2.06. The van der Waals surface area contributed by atoms with Gasteiger partial charge in [0.1, 0.15) is 0 Å². The third kappa shape index (κ3) is 1.32. The van der Waals surface area contributed by atoms with E-state index in [9.17, 15) is 4.79 Å². The number of hydrogen-bond acceptors (Lipinski definition) is 3. The predicted molar refractivity (Wildman–Crippen MR) is 48.5 cm³/mol. The van der Waals surface area contributed by atoms with Gasteiger partial charge in [0, 0.05) is 16.9 Å². The molecule has 0 saturated heterocycles. The molecule has 0 spiro atoms. The number of amides is 1. The van der Waals surface area contributed by atoms with Crippen molar-refractivity contribution in [2.45, 2.75) is 6.92 Å². The second-order valence-corrected chi connectivity index (χ2v) is 2.65. The molecule has 1 aromatic rings. The molecule has 4 nitrogen and oxygen atoms in total. The Balaban J connectivity index is 3.37. The lowest BCUT2D eigenvalue weighted by atomic mass is 10.1. The van der Waals surface area contributed by atoms with Crippen molar-refractivity contribution in [1.29, 1.82) is 0 Å². The van der Waals surface area contributed by atoms with Gasteiger partial charge in [0.2, 0.25) is 5.91 Å². The molecule has 12 heavy (non-hydrogen) atoms. The van der Waals surface area contributed by atoms with E-state index in [0.717, 1.165) is 0 Å². The molecule has 0 aromatic heterocycles. The Morgan fingerprint density at radius 1 is 1.33 bits per heavy atom. The molecule has 0 fully saturated rings. The third-order valence-electron chi connectivity index (χ3n) is 1.74. The van der Waals surface area contributed by atoms with Crippen molar-refractivity contribution >= 4 is 17.3 Å². The minimum absolute atomic E-state index is 0.382. The van der Waals surface area contributed by atoms with Crippen LogP contribution in [0.4, 0.5) is 11.4 Å². The van der Waals surface area contributed by atoms with E-state index in [2.05, 4.69) is 0 Å². The SMILES string of the molecule is Cc1c(N)cc(N)cc1C(N)=O. The minimum Gasteiger partial charge on any atom is -0.399 e. The van der Waals surface area contributed by atoms with E-state index in [1.54, 1.807) is 13.0 Å². The quantitative estimate of drug-likeness (QED) is 0.521. The summed E-state index contributed by atoms with van der Waals surface area (Å²) in [6.07, 6.45) is 0. The molecule has 0 heterocycles. The van der Waals surface area contributed by atoms with Crippen LogP contribution in [0.5, 0.6) is 0 Å². The van der Waals surface area contributed by atoms with Gasteiger partial charge in [0.25, 0.3) is 0 Å². The van der Waals surface area contributed by atoms with Gasteiger partial charge in [-0.2, -0.15) is 0 Å². The van der Waals surface area contributed by atoms with Crippen molar-refractivity contribution in [3.8, 4) is 0 Å². The van der Waals surface area contributed by atoms with Crippen LogP contribution in [0.25, 0.3) is 0 Å². The van der Waals surface area contributed by atoms with Gasteiger partial charge in [-0.3, -0.25) is 4.79 Å². The number of primary amides is 1. The second-order valence-electron chi connectivity index (χ2n) is 2.65. The van der Waals surface area contributed by atoms with Gasteiger partial charge in [0.15, 0.2) is 0 Å². The first kappa shape index (κ1) is 8.39. The van der Waals surface area contributed by atoms with Crippen LogP contribution >= 0.6 is 0 Å². The minimum atomic E-state index is -0.508. The number of rotatable bonds is 1. The van der Waals surface area contributed by atoms with E-state index in [0.29, 0.717) is 22.5 Å². The van der Waals surface area contributed by atoms with Crippen LogP contribution in [0.15, 0.2) is 12.1 Å². The number of carbonyl (C=O) groups excluding carboxylic acids is 1. The fourth-order valence-electron chi connectivity index (χ4n) is 1.02. The molecule has 1 rings (SSSR count). The van der Waals surface area contributed by atoms with E-state index < -0.39 is 5.91 Å². The Bertz CT molecular complexity index is 333. The number of nitrogens with two attached hydrogens (primary N) is 3. The molecule has 64 valence electrons. The zero-order chi connectivity index (χ0) is 9.30. The molecule has 6 N–H and O–H groups in total. The van der Waals surface area contributed by atoms with Crippen molar-refractivity contribution in [2.75, 3.05) is 11.5 Å². The summed E-state index contributed by atoms with van der Waals surface area (Å²) in [5.74, 6) is -0.508. The predicted octanol–water partition coefficient (Wildman–Crippen LogP) is 0.258. The molecule has 0 saturated carbocycles. The molecule has 0 atom stereocenters. The summed E-state index contributed by atoms with van der Waals surface area (Å²) in [5.41, 5.74) is 18.2. The third-order valence-corrected chi connectivity index (χ3v) is 1.74. The first-order valence-electron chi connectivity index (χ1n) is 3.47. The first-order chi connectivity index (χ1) is 5.52. The van der Waals surface area contributed by atoms with E-state index >= 15 is 0 Å². The highest BCUT2D eigenvalue weighted by atomic mass is 16.1. The smallest absolute Gasteiger partial charge is 0.249 e. The Kier molecular flexibility index (Phi) is 1.91. The lowest BCUT2D eigenvalue weighted by Crippen LogP contribution is -2.14. The summed E-state index contributed by atoms with van der Waals surface area (Å²) in [6, 6.07) is 3.12. The van der Waals surface area contributed by atoms with E-state index in [1.807, 2.05) is 0 Å². The Morgan fingerprint density at radius 3 is 2.42 bits per heavy atom. The zero-order valence-electron chi connectivity index (χ0n) is 6.79. The van der Waals surface area contributed by atoms with E-state index in [-0.39, 0.29) is 0 Å². The molecular weight excluding hydrogens is 154 g/mol. The van der Waals surface area contributed by atoms with Gasteiger partial charge in [0.05, 0.1) is 0 Å². The number of benzene rings is 1. The van der Waals surface area contributed by atoms with E-state index in [1.165, 1.54) is 6.07 Å². The van der Waals surface area contributed by atoms with Gasteiger partial charge >= 0.3 is 0 Å². The average Bonchev–Trinajstić information content (AvgIpc) is 1.96. The normalized spacial score (nSPS) is 9.75. The molecule has 1 amide bonds. The van der Waals surface area contributed by atoms with Crippen molar-refractivity contribution in [2.24, 2.45) is 5.73 Å². The largest absolute Gasteiger partial charge is 0.399 e. The summed E-state index contributed by atoms with van der Waals surface area (Å²) in [4.78, 5) is 10.8. The highest BCUT2D eigenvalue weighted by Crippen LogP contribution is 2.19. The average molecular weight is 165 g/mol. The fourth-order valence-corrected chi connectivity index (χ4v) is 1.02. The summed E-state index contributed by atoms with van der Waals surface area (Å²) in [6.45, 7) is 1.73. The Labute approximate surface area is 70.3 Å². The Morgan fingerprint density at radius 2 is 1.92 bits per heavy atom. The van der Waals surface area contributed by atoms with Crippen LogP contribution in [-0.2, 0) is 0 Å². The van der Waals surface area contributed by atoms with Crippen molar-refractivity contribution < 1.29 is 4.79 Å². The summed E-state index contributed by atoms with van der Waals surface area (Å²) in [5, 5.41) is 0. The molecular formula is C8H11N3O. The number of nitrogen functional groups attached to an aromatic ring is 2. The number of hydrogen-bond donors (Lipinski definition) is 3. The van der Waals surface area contributed by atoms with Gasteiger partial charge in [-0.1, -0.05) is 0 Å². The molecule has 0 radical (unpaired) electrons. The molecule has 1 aromatic carbocycles. The van der Waals surface area contributed by atoms with Crippen LogP contribution in [0.1, 0.15) is 15.9 Å². The van der Waals surface area contributed by atoms with Crippen molar-refractivity contribution in [3.63, 3.8) is 0 Å². The summed E-state index contributed by atoms with van der Waals surface area (Å²) >= 11 is 0. The van der Waals surface area contributed by atoms with E-state index in [4.69, 9.17) is 17.2 Å². The van der Waals surface area contributed by atoms with Gasteiger partial charge in [-0.05, 0) is 24.6 Å². The first-order valence-corrected chi connectivity index (χ1v) is 3.47. The lowest BCUT2D eigenvalue weighted by molar-refractivity contribution is 0.1000. The number of carbonyl (C=O) groups is 1. The molecule has 0 aliphatic rings. The fraction of sp³-hybridized carbons (Fsp3) is 0.125. The van der Waals surface area contributed by atoms with Crippen LogP contribution in [0.3, 0.4) is 0 Å². The Hall–Kier alpha value is -1.71. The highest BCUT2D eigenvalue weighted by Gasteiger charge is 2.07. The highest BCUT2D eigenvalue weighted by molar-refractivity contribution is 5.96. The maximum Gasteiger partial charge on any atom is 0.249 e. The van der Waals surface area contributed by atoms with Crippen LogP contribution in [0.2, 0.25) is 0 Å². The van der Waals surface area contributed by atoms with Gasteiger partial charge in [-0.25, -0.2) is 0 Å². The standard InChI is InChI=1S/C8H11N3O/c1-4-6(8(11)12)2-5(9)3-7(4)10/h2-3H,9-10H2,1H3,(H2,11,12). The van der Waals surface area contributed by atoms with Crippen LogP contribution in [-0.4, -0.2) is 5.91 Å². The summed E-state index contributed by atoms with van der Waals surface area (Å²) in [7, 11) is 0. The maximum atomic E-state index is 10.8. The van der Waals surface area contributed by atoms with Gasteiger partial charge in [-0.15, -0.1) is 0 Å². The molecule has 0 aliphatic heterocycles. The monoisotopic (exact) mass is 165 g/mol. The molecule has 0 bridgehead atoms. The zero-order valence-corrected chi connectivity index (χ0v) is 6.79. The maximum absolute atomic E-state index is 10.8. The topological polar surface area (TPSA) is 95.1 Å². The molecule has 4 heteroatoms. The molecule has 0 unspecified atom stereocenters. The van der Waals surface area contributed by atoms with Crippen LogP contribution < -0.4 is 17.2 Å². The number of anilines is 2. The summed E-state index contributed by atoms with van der Waals surface area (Å²) < 4.78 is 0. The van der Waals surface area contributed by atoms with Crippen molar-refractivity contribution in [1.82, 2.24) is 0 Å². The second kappa shape index (κ2) is 2.73. The van der Waals surface area contributed by atoms with Crippen molar-refractivity contribution in [3.05, 3.63) is 23.3 Å². The van der Waals surface area contributed by atoms with Gasteiger partial charge < -0.3 is 17.2 Å². The molecule has 0 aliphatic carbocycles.